The number of likely N-dealkylation sites (N-methyl/N-ethyl adjacent to an activating group) is 1. The standard InChI is InChI=1S/C24H21F2N5O2S/c1-30-23(34)31(22(33)24(30)7-2-8-24)20-17(9-12-3-5-13(25)6-4-12)27-16-11-14(26)10-15-18(16)19(20)28-29-21(15)32/h3-6,10-11,17,20,27H,2,7-9H2,1H3,(H,29,32)/t17-,20-/m0/s1. The highest BCUT2D eigenvalue weighted by Crippen LogP contribution is 2.48. The maximum atomic E-state index is 14.4. The second kappa shape index (κ2) is 7.30. The van der Waals surface area contributed by atoms with E-state index in [2.05, 4.69) is 15.5 Å². The summed E-state index contributed by atoms with van der Waals surface area (Å²) >= 11 is 5.75. The number of carbonyl (C=O) groups is 1. The highest BCUT2D eigenvalue weighted by atomic mass is 32.1. The molecule has 1 saturated carbocycles. The summed E-state index contributed by atoms with van der Waals surface area (Å²) in [6, 6.07) is 7.50. The minimum Gasteiger partial charge on any atom is -0.379 e. The molecule has 10 heteroatoms. The summed E-state index contributed by atoms with van der Waals surface area (Å²) in [6.45, 7) is 0. The zero-order valence-electron chi connectivity index (χ0n) is 18.3. The fraction of sp³-hybridized carbons (Fsp3) is 0.333. The van der Waals surface area contributed by atoms with Gasteiger partial charge in [0.15, 0.2) is 5.11 Å². The number of nitrogens with one attached hydrogen (secondary N) is 2. The third kappa shape index (κ3) is 2.84. The average Bonchev–Trinajstić information content (AvgIpc) is 2.97. The van der Waals surface area contributed by atoms with Crippen LogP contribution >= 0.6 is 12.2 Å². The molecule has 0 bridgehead atoms. The highest BCUT2D eigenvalue weighted by molar-refractivity contribution is 7.80. The second-order valence-electron chi connectivity index (χ2n) is 9.24. The summed E-state index contributed by atoms with van der Waals surface area (Å²) in [5.74, 6) is -0.996. The Morgan fingerprint density at radius 3 is 2.53 bits per heavy atom. The third-order valence-corrected chi connectivity index (χ3v) is 7.93. The number of benzene rings is 2. The van der Waals surface area contributed by atoms with Crippen molar-refractivity contribution in [2.75, 3.05) is 12.4 Å². The average molecular weight is 482 g/mol. The maximum absolute atomic E-state index is 14.4. The molecule has 1 aromatic heterocycles. The first-order chi connectivity index (χ1) is 16.3. The van der Waals surface area contributed by atoms with E-state index in [9.17, 15) is 18.4 Å². The van der Waals surface area contributed by atoms with Crippen molar-refractivity contribution in [3.8, 4) is 0 Å². The van der Waals surface area contributed by atoms with Gasteiger partial charge in [-0.3, -0.25) is 14.5 Å². The molecular weight excluding hydrogens is 460 g/mol. The van der Waals surface area contributed by atoms with Crippen molar-refractivity contribution in [2.45, 2.75) is 43.3 Å². The molecule has 1 amide bonds. The summed E-state index contributed by atoms with van der Waals surface area (Å²) < 4.78 is 27.9. The third-order valence-electron chi connectivity index (χ3n) is 7.46. The Labute approximate surface area is 198 Å². The topological polar surface area (TPSA) is 81.3 Å². The van der Waals surface area contributed by atoms with Crippen LogP contribution in [0.25, 0.3) is 10.8 Å². The van der Waals surface area contributed by atoms with Crippen molar-refractivity contribution in [2.24, 2.45) is 0 Å². The summed E-state index contributed by atoms with van der Waals surface area (Å²) in [6.07, 6.45) is 2.78. The van der Waals surface area contributed by atoms with Crippen LogP contribution in [0.5, 0.6) is 0 Å². The Morgan fingerprint density at radius 2 is 1.88 bits per heavy atom. The Balaban J connectivity index is 1.54. The van der Waals surface area contributed by atoms with Gasteiger partial charge in [0.1, 0.15) is 23.2 Å². The first-order valence-corrected chi connectivity index (χ1v) is 11.6. The number of aromatic nitrogens is 2. The molecule has 2 N–H and O–H groups in total. The van der Waals surface area contributed by atoms with Gasteiger partial charge in [-0.05, 0) is 67.7 Å². The van der Waals surface area contributed by atoms with E-state index in [4.69, 9.17) is 12.2 Å². The Morgan fingerprint density at radius 1 is 1.15 bits per heavy atom. The number of aromatic amines is 1. The lowest BCUT2D eigenvalue weighted by atomic mass is 9.75. The number of rotatable bonds is 3. The molecule has 1 spiro atoms. The van der Waals surface area contributed by atoms with Crippen LogP contribution in [0.2, 0.25) is 0 Å². The molecule has 6 rings (SSSR count). The van der Waals surface area contributed by atoms with Crippen molar-refractivity contribution in [3.05, 3.63) is 69.6 Å². The molecule has 3 heterocycles. The summed E-state index contributed by atoms with van der Waals surface area (Å²) in [7, 11) is 1.84. The molecule has 2 atom stereocenters. The zero-order valence-corrected chi connectivity index (χ0v) is 19.1. The van der Waals surface area contributed by atoms with Crippen molar-refractivity contribution in [1.82, 2.24) is 20.0 Å². The van der Waals surface area contributed by atoms with Crippen LogP contribution in [0, 0.1) is 11.6 Å². The molecule has 34 heavy (non-hydrogen) atoms. The van der Waals surface area contributed by atoms with Gasteiger partial charge in [-0.1, -0.05) is 12.1 Å². The number of thiocarbonyl (C=S) groups is 1. The fourth-order valence-electron chi connectivity index (χ4n) is 5.53. The van der Waals surface area contributed by atoms with E-state index in [0.29, 0.717) is 28.3 Å². The Hall–Kier alpha value is -3.40. The summed E-state index contributed by atoms with van der Waals surface area (Å²) in [4.78, 5) is 29.7. The molecule has 7 nitrogen and oxygen atoms in total. The number of hydrogen-bond donors (Lipinski definition) is 2. The molecule has 1 aliphatic carbocycles. The van der Waals surface area contributed by atoms with Gasteiger partial charge in [-0.25, -0.2) is 13.9 Å². The maximum Gasteiger partial charge on any atom is 0.272 e. The Kier molecular flexibility index (Phi) is 4.54. The lowest BCUT2D eigenvalue weighted by Gasteiger charge is -2.41. The Bertz CT molecular complexity index is 1420. The minimum absolute atomic E-state index is 0.0890. The second-order valence-corrected chi connectivity index (χ2v) is 9.61. The van der Waals surface area contributed by atoms with E-state index in [0.717, 1.165) is 24.8 Å². The number of nitrogens with zero attached hydrogens (tertiary/aromatic N) is 3. The first kappa shape index (κ1) is 21.2. The summed E-state index contributed by atoms with van der Waals surface area (Å²) in [5.41, 5.74) is 0.544. The number of amides is 1. The van der Waals surface area contributed by atoms with Gasteiger partial charge >= 0.3 is 0 Å². The molecule has 2 aromatic carbocycles. The van der Waals surface area contributed by atoms with Gasteiger partial charge < -0.3 is 10.2 Å². The van der Waals surface area contributed by atoms with Gasteiger partial charge in [0.05, 0.1) is 17.1 Å². The lowest BCUT2D eigenvalue weighted by molar-refractivity contribution is -0.138. The molecule has 0 unspecified atom stereocenters. The molecule has 2 aliphatic heterocycles. The zero-order chi connectivity index (χ0) is 23.8. The molecule has 0 radical (unpaired) electrons. The van der Waals surface area contributed by atoms with Gasteiger partial charge in [0, 0.05) is 18.1 Å². The van der Waals surface area contributed by atoms with Crippen molar-refractivity contribution < 1.29 is 13.6 Å². The smallest absolute Gasteiger partial charge is 0.272 e. The predicted molar refractivity (Wildman–Crippen MR) is 126 cm³/mol. The molecule has 1 saturated heterocycles. The van der Waals surface area contributed by atoms with E-state index in [-0.39, 0.29) is 17.1 Å². The SMILES string of the molecule is CN1C(=S)N([C@@H]2c3n[nH]c(=O)c4cc(F)cc(c34)N[C@H]2Cc2ccc(F)cc2)C(=O)C12CCC2. The normalized spacial score (nSPS) is 22.9. The van der Waals surface area contributed by atoms with E-state index in [1.807, 2.05) is 11.9 Å². The van der Waals surface area contributed by atoms with E-state index < -0.39 is 29.0 Å². The quantitative estimate of drug-likeness (QED) is 0.559. The van der Waals surface area contributed by atoms with Crippen LogP contribution in [0.1, 0.15) is 36.6 Å². The van der Waals surface area contributed by atoms with Crippen LogP contribution in [-0.4, -0.2) is 49.6 Å². The first-order valence-electron chi connectivity index (χ1n) is 11.1. The van der Waals surface area contributed by atoms with E-state index in [1.54, 1.807) is 17.0 Å². The lowest BCUT2D eigenvalue weighted by Crippen LogP contribution is -2.54. The molecule has 2 fully saturated rings. The van der Waals surface area contributed by atoms with E-state index >= 15 is 0 Å². The van der Waals surface area contributed by atoms with Gasteiger partial charge in [-0.15, -0.1) is 0 Å². The largest absolute Gasteiger partial charge is 0.379 e. The van der Waals surface area contributed by atoms with Crippen LogP contribution in [-0.2, 0) is 11.2 Å². The van der Waals surface area contributed by atoms with Crippen molar-refractivity contribution in [1.29, 1.82) is 0 Å². The van der Waals surface area contributed by atoms with Crippen LogP contribution in [0.15, 0.2) is 41.2 Å². The van der Waals surface area contributed by atoms with Crippen LogP contribution in [0.4, 0.5) is 14.5 Å². The number of hydrogen-bond acceptors (Lipinski definition) is 5. The highest BCUT2D eigenvalue weighted by Gasteiger charge is 2.60. The number of H-pyrrole nitrogens is 1. The van der Waals surface area contributed by atoms with Crippen LogP contribution < -0.4 is 10.9 Å². The van der Waals surface area contributed by atoms with Gasteiger partial charge in [-0.2, -0.15) is 5.10 Å². The van der Waals surface area contributed by atoms with Crippen molar-refractivity contribution in [3.63, 3.8) is 0 Å². The minimum atomic E-state index is -0.651. The van der Waals surface area contributed by atoms with Crippen molar-refractivity contribution >= 4 is 39.7 Å². The summed E-state index contributed by atoms with van der Waals surface area (Å²) in [5, 5.41) is 11.2. The molecular formula is C24H21F2N5O2S. The fourth-order valence-corrected chi connectivity index (χ4v) is 5.90. The van der Waals surface area contributed by atoms with Gasteiger partial charge in [0.2, 0.25) is 0 Å². The monoisotopic (exact) mass is 481 g/mol. The molecule has 3 aliphatic rings. The van der Waals surface area contributed by atoms with Gasteiger partial charge in [0.25, 0.3) is 11.5 Å². The molecule has 3 aromatic rings. The van der Waals surface area contributed by atoms with E-state index in [1.165, 1.54) is 24.3 Å². The number of halogens is 2. The predicted octanol–water partition coefficient (Wildman–Crippen LogP) is 3.26. The number of anilines is 1. The molecule has 174 valence electrons. The number of carbonyl (C=O) groups excluding carboxylic acids is 1. The van der Waals surface area contributed by atoms with Crippen LogP contribution in [0.3, 0.4) is 0 Å².